The van der Waals surface area contributed by atoms with Gasteiger partial charge in [-0.25, -0.2) is 0 Å². The molecule has 0 fully saturated rings. The van der Waals surface area contributed by atoms with E-state index in [1.165, 1.54) is 25.8 Å². The van der Waals surface area contributed by atoms with Crippen LogP contribution >= 0.6 is 30.1 Å². The van der Waals surface area contributed by atoms with E-state index >= 15 is 0 Å². The van der Waals surface area contributed by atoms with Crippen LogP contribution in [0.2, 0.25) is 0 Å². The van der Waals surface area contributed by atoms with Gasteiger partial charge in [-0.1, -0.05) is 78.7 Å². The van der Waals surface area contributed by atoms with E-state index in [1.807, 2.05) is 21.6 Å². The van der Waals surface area contributed by atoms with Crippen LogP contribution in [0.1, 0.15) is 11.1 Å². The number of hydrogen-bond acceptors (Lipinski definition) is 2. The summed E-state index contributed by atoms with van der Waals surface area (Å²) < 4.78 is 0. The van der Waals surface area contributed by atoms with Gasteiger partial charge in [0.1, 0.15) is 0 Å². The van der Waals surface area contributed by atoms with Crippen molar-refractivity contribution in [1.29, 1.82) is 0 Å². The Labute approximate surface area is 116 Å². The summed E-state index contributed by atoms with van der Waals surface area (Å²) >= 11 is 0. The fourth-order valence-corrected chi connectivity index (χ4v) is 9.10. The molecule has 2 aromatic rings. The molecule has 2 aliphatic rings. The zero-order valence-corrected chi connectivity index (χ0v) is 11.9. The Hall–Kier alpha value is -0.900. The Balaban J connectivity index is 1.76. The maximum Gasteiger partial charge on any atom is 0.0281 e. The van der Waals surface area contributed by atoms with Gasteiger partial charge in [-0.2, -0.15) is 0 Å². The molecule has 0 aliphatic carbocycles. The first-order valence-electron chi connectivity index (χ1n) is 5.76. The van der Waals surface area contributed by atoms with Gasteiger partial charge in [0, 0.05) is 20.2 Å². The van der Waals surface area contributed by atoms with Crippen LogP contribution < -0.4 is 0 Å². The van der Waals surface area contributed by atoms with Gasteiger partial charge in [0.2, 0.25) is 0 Å². The highest BCUT2D eigenvalue weighted by molar-refractivity contribution is 9.17. The lowest BCUT2D eigenvalue weighted by Crippen LogP contribution is -1.91. The predicted molar refractivity (Wildman–Crippen MR) is 86.0 cm³/mol. The SMILES string of the molecule is C1=C(c2ccccc2)SS2=C1c1ccccc1S2. The maximum atomic E-state index is 2.38. The van der Waals surface area contributed by atoms with Gasteiger partial charge >= 0.3 is 0 Å². The molecule has 2 heterocycles. The van der Waals surface area contributed by atoms with Gasteiger partial charge in [0.15, 0.2) is 0 Å². The van der Waals surface area contributed by atoms with Crippen LogP contribution in [0.15, 0.2) is 65.6 Å². The number of hydrogen-bond donors (Lipinski definition) is 0. The van der Waals surface area contributed by atoms with E-state index in [9.17, 15) is 0 Å². The quantitative estimate of drug-likeness (QED) is 0.522. The van der Waals surface area contributed by atoms with Crippen molar-refractivity contribution in [2.75, 3.05) is 0 Å². The van der Waals surface area contributed by atoms with Gasteiger partial charge in [0.05, 0.1) is 0 Å². The molecule has 0 nitrogen and oxygen atoms in total. The first-order chi connectivity index (χ1) is 8.92. The Bertz CT molecular complexity index is 684. The Morgan fingerprint density at radius 1 is 0.778 bits per heavy atom. The van der Waals surface area contributed by atoms with Crippen LogP contribution in [0, 0.1) is 0 Å². The molecule has 0 saturated heterocycles. The molecular weight excluding hydrogens is 276 g/mol. The van der Waals surface area contributed by atoms with Gasteiger partial charge in [-0.3, -0.25) is 0 Å². The van der Waals surface area contributed by atoms with Crippen LogP contribution in [0.3, 0.4) is 0 Å². The number of fused-ring (bicyclic) bond motifs is 2. The Morgan fingerprint density at radius 2 is 1.56 bits per heavy atom. The summed E-state index contributed by atoms with van der Waals surface area (Å²) in [6, 6.07) is 19.4. The predicted octanol–water partition coefficient (Wildman–Crippen LogP) is 5.20. The third kappa shape index (κ3) is 1.69. The minimum Gasteiger partial charge on any atom is -0.0622 e. The summed E-state index contributed by atoms with van der Waals surface area (Å²) in [5.41, 5.74) is 2.78. The standard InChI is InChI=1S/C15H10S3/c1-2-6-11(7-3-1)14-10-15-12-8-4-5-9-13(12)16-18(15)17-14/h1-10H. The average Bonchev–Trinajstić information content (AvgIpc) is 2.97. The smallest absolute Gasteiger partial charge is 0.0281 e. The van der Waals surface area contributed by atoms with Crippen LogP contribution in [0.5, 0.6) is 0 Å². The minimum absolute atomic E-state index is 0.262. The van der Waals surface area contributed by atoms with Crippen molar-refractivity contribution in [3.63, 3.8) is 0 Å². The van der Waals surface area contributed by atoms with Gasteiger partial charge in [-0.15, -0.1) is 0 Å². The van der Waals surface area contributed by atoms with Gasteiger partial charge in [0.25, 0.3) is 0 Å². The molecule has 0 amide bonds. The Kier molecular flexibility index (Phi) is 2.64. The van der Waals surface area contributed by atoms with Crippen molar-refractivity contribution >= 4 is 39.9 Å². The summed E-state index contributed by atoms with van der Waals surface area (Å²) in [4.78, 5) is 4.36. The first-order valence-corrected chi connectivity index (χ1v) is 9.65. The van der Waals surface area contributed by atoms with Gasteiger partial charge < -0.3 is 0 Å². The topological polar surface area (TPSA) is 0 Å². The first kappa shape index (κ1) is 11.0. The lowest BCUT2D eigenvalue weighted by atomic mass is 10.1. The third-order valence-corrected chi connectivity index (χ3v) is 9.34. The highest BCUT2D eigenvalue weighted by atomic mass is 33.5. The molecule has 0 N–H and O–H groups in total. The molecule has 1 atom stereocenters. The summed E-state index contributed by atoms with van der Waals surface area (Å²) in [7, 11) is 4.27. The maximum absolute atomic E-state index is 2.38. The molecule has 0 bridgehead atoms. The van der Waals surface area contributed by atoms with Crippen LogP contribution in [-0.4, -0.2) is 4.86 Å². The second-order valence-electron chi connectivity index (χ2n) is 4.14. The summed E-state index contributed by atoms with van der Waals surface area (Å²) in [5.74, 6) is 0. The normalized spacial score (nSPS) is 20.6. The molecular formula is C15H10S3. The monoisotopic (exact) mass is 286 g/mol. The lowest BCUT2D eigenvalue weighted by Gasteiger charge is -2.04. The van der Waals surface area contributed by atoms with E-state index in [2.05, 4.69) is 60.7 Å². The zero-order valence-electron chi connectivity index (χ0n) is 9.50. The highest BCUT2D eigenvalue weighted by Gasteiger charge is 2.26. The van der Waals surface area contributed by atoms with Crippen molar-refractivity contribution in [1.82, 2.24) is 0 Å². The van der Waals surface area contributed by atoms with Crippen molar-refractivity contribution < 1.29 is 0 Å². The van der Waals surface area contributed by atoms with E-state index in [1.54, 1.807) is 0 Å². The average molecular weight is 286 g/mol. The fourth-order valence-electron chi connectivity index (χ4n) is 2.11. The Morgan fingerprint density at radius 3 is 2.44 bits per heavy atom. The molecule has 88 valence electrons. The molecule has 1 unspecified atom stereocenters. The van der Waals surface area contributed by atoms with E-state index < -0.39 is 0 Å². The molecule has 2 aliphatic heterocycles. The van der Waals surface area contributed by atoms with E-state index in [0.717, 1.165) is 0 Å². The van der Waals surface area contributed by atoms with Crippen molar-refractivity contribution in [2.45, 2.75) is 4.90 Å². The van der Waals surface area contributed by atoms with E-state index in [4.69, 9.17) is 0 Å². The molecule has 0 saturated carbocycles. The zero-order chi connectivity index (χ0) is 11.9. The van der Waals surface area contributed by atoms with Crippen LogP contribution in [-0.2, 0) is 0 Å². The fraction of sp³-hybridized carbons (Fsp3) is 0. The van der Waals surface area contributed by atoms with E-state index in [0.29, 0.717) is 0 Å². The number of benzene rings is 2. The van der Waals surface area contributed by atoms with Gasteiger partial charge in [-0.05, 0) is 17.7 Å². The number of rotatable bonds is 1. The molecule has 3 heteroatoms. The van der Waals surface area contributed by atoms with Crippen LogP contribution in [0.4, 0.5) is 0 Å². The van der Waals surface area contributed by atoms with Crippen LogP contribution in [0.25, 0.3) is 4.91 Å². The molecule has 18 heavy (non-hydrogen) atoms. The third-order valence-electron chi connectivity index (χ3n) is 2.98. The van der Waals surface area contributed by atoms with E-state index in [-0.39, 0.29) is 8.55 Å². The summed E-state index contributed by atoms with van der Waals surface area (Å²) in [6.07, 6.45) is 2.38. The van der Waals surface area contributed by atoms with Crippen molar-refractivity contribution in [3.8, 4) is 0 Å². The van der Waals surface area contributed by atoms with Crippen molar-refractivity contribution in [3.05, 3.63) is 71.8 Å². The highest BCUT2D eigenvalue weighted by Crippen LogP contribution is 2.63. The molecule has 0 radical (unpaired) electrons. The summed E-state index contributed by atoms with van der Waals surface area (Å²) in [5, 5.41) is 0. The van der Waals surface area contributed by atoms with Crippen molar-refractivity contribution in [2.24, 2.45) is 0 Å². The summed E-state index contributed by atoms with van der Waals surface area (Å²) in [6.45, 7) is 0. The molecule has 2 aromatic carbocycles. The number of allylic oxidation sites excluding steroid dienone is 1. The molecule has 0 aromatic heterocycles. The molecule has 0 spiro atoms. The lowest BCUT2D eigenvalue weighted by molar-refractivity contribution is 1.45. The largest absolute Gasteiger partial charge is 0.0622 e. The minimum atomic E-state index is 0.262. The molecule has 4 rings (SSSR count). The second kappa shape index (κ2) is 4.34. The second-order valence-corrected chi connectivity index (χ2v) is 9.89.